The predicted octanol–water partition coefficient (Wildman–Crippen LogP) is 11.3. The van der Waals surface area contributed by atoms with Crippen molar-refractivity contribution in [2.75, 3.05) is 14.1 Å². The van der Waals surface area contributed by atoms with Crippen LogP contribution in [0.1, 0.15) is 107 Å². The molecule has 12 aromatic rings. The Morgan fingerprint density at radius 2 is 0.696 bits per heavy atom. The fourth-order valence-corrected chi connectivity index (χ4v) is 15.2. The second-order valence-electron chi connectivity index (χ2n) is 23.5. The number of allylic oxidation sites excluding steroid dienone is 4. The van der Waals surface area contributed by atoms with E-state index in [0.29, 0.717) is 0 Å². The molecular formula is C74H54N16Pt2-6. The van der Waals surface area contributed by atoms with E-state index in [4.69, 9.17) is 39.9 Å². The standard InChI is InChI=1S/2C37H27N8.2Pt/c1-23-24(2)45(22-44(23)3)37(34-29(13-7-18-40-34)30-14-8-19-41-35(30)37)26-10-4-9-25(21-26)36(31-15-20-42-43-31)32-27(11-5-16-38-32)28-12-6-17-39-33(28)36;1-23-24(2)45(22-44(23)3)37(34-29(10-6-19-40-34)30-11-7-20-41-35(30)37)26-14-12-25(13-15-26)36(31-16-21-42-43-31)32-27(8-4-17-38-32)28-9-5-18-39-33(28)36;;/h4-20,22H,1-3H3;4-12,14-22H,1-3H3;;/q2*-3;;. The van der Waals surface area contributed by atoms with Crippen molar-refractivity contribution in [3.8, 4) is 44.5 Å². The zero-order valence-corrected chi connectivity index (χ0v) is 55.1. The van der Waals surface area contributed by atoms with Gasteiger partial charge in [-0.2, -0.15) is 74.3 Å². The van der Waals surface area contributed by atoms with Gasteiger partial charge in [-0.05, 0) is 113 Å². The summed E-state index contributed by atoms with van der Waals surface area (Å²) in [5, 5.41) is 17.8. The van der Waals surface area contributed by atoms with Gasteiger partial charge in [0.1, 0.15) is 5.54 Å². The molecule has 92 heavy (non-hydrogen) atoms. The molecule has 18 rings (SSSR count). The number of pyridine rings is 8. The number of hydrogen-bond acceptors (Lipinski definition) is 14. The molecule has 2 aromatic carbocycles. The summed E-state index contributed by atoms with van der Waals surface area (Å²) >= 11 is 0. The predicted molar refractivity (Wildman–Crippen MR) is 338 cm³/mol. The number of fused-ring (bicyclic) bond motifs is 12. The normalized spacial score (nSPS) is 16.5. The van der Waals surface area contributed by atoms with Crippen LogP contribution in [-0.2, 0) is 64.0 Å². The van der Waals surface area contributed by atoms with Crippen molar-refractivity contribution in [3.63, 3.8) is 0 Å². The summed E-state index contributed by atoms with van der Waals surface area (Å²) in [7, 11) is 4.15. The van der Waals surface area contributed by atoms with Gasteiger partial charge in [0.05, 0.1) is 61.9 Å². The van der Waals surface area contributed by atoms with Gasteiger partial charge in [0.15, 0.2) is 0 Å². The SMILES string of the molecule is CC1=C(C)N(C2(c3[c-]c(C4(c5cc[n-]n5)c5ncccc5-c5cccnc54)ccc3)c3ncccc3-c3cccnc32)[CH-]N1C.CC1=C(C)N(C2(c3c[c-]c(C4(c5cc[n-]n5)c5ncccc5-c5cccnc54)cc3)c3ncccc3-c3cccnc32)[CH-]N1C.[Pt].[Pt]. The number of rotatable bonds is 8. The molecule has 6 aliphatic rings. The average Bonchev–Trinajstić information content (AvgIpc) is 1.53. The summed E-state index contributed by atoms with van der Waals surface area (Å²) in [6.45, 7) is 12.9. The van der Waals surface area contributed by atoms with Gasteiger partial charge in [-0.1, -0.05) is 60.7 Å². The molecule has 16 nitrogen and oxygen atoms in total. The molecule has 0 N–H and O–H groups in total. The van der Waals surface area contributed by atoms with Crippen molar-refractivity contribution in [2.45, 2.75) is 49.6 Å². The summed E-state index contributed by atoms with van der Waals surface area (Å²) in [5.74, 6) is 0. The Kier molecular flexibility index (Phi) is 13.9. The monoisotopic (exact) mass is 1560 g/mol. The first-order valence-electron chi connectivity index (χ1n) is 29.9. The van der Waals surface area contributed by atoms with E-state index in [-0.39, 0.29) is 42.1 Å². The maximum absolute atomic E-state index is 5.09. The van der Waals surface area contributed by atoms with Gasteiger partial charge in [0, 0.05) is 148 Å². The molecule has 0 atom stereocenters. The second kappa shape index (κ2) is 21.9. The van der Waals surface area contributed by atoms with Crippen LogP contribution in [-0.4, -0.2) is 83.8 Å². The van der Waals surface area contributed by atoms with Crippen LogP contribution in [0.15, 0.2) is 230 Å². The Bertz CT molecular complexity index is 4770. The molecule has 0 saturated carbocycles. The van der Waals surface area contributed by atoms with Crippen molar-refractivity contribution in [1.82, 2.24) is 79.9 Å². The van der Waals surface area contributed by atoms with Crippen molar-refractivity contribution >= 4 is 0 Å². The van der Waals surface area contributed by atoms with Gasteiger partial charge in [-0.15, -0.1) is 22.3 Å². The third-order valence-electron chi connectivity index (χ3n) is 19.5. The van der Waals surface area contributed by atoms with Crippen LogP contribution in [0.4, 0.5) is 0 Å². The Morgan fingerprint density at radius 3 is 1.03 bits per heavy atom. The zero-order valence-electron chi connectivity index (χ0n) is 50.6. The fourth-order valence-electron chi connectivity index (χ4n) is 15.2. The molecule has 0 amide bonds. The van der Waals surface area contributed by atoms with E-state index in [1.165, 1.54) is 5.70 Å². The maximum Gasteiger partial charge on any atom is 0.103 e. The van der Waals surface area contributed by atoms with E-state index in [1.54, 1.807) is 12.4 Å². The first kappa shape index (κ1) is 58.5. The molecular weight excluding hydrogens is 1500 g/mol. The molecule has 0 unspecified atom stereocenters. The van der Waals surface area contributed by atoms with Crippen LogP contribution in [0.2, 0.25) is 0 Å². The molecule has 4 aliphatic carbocycles. The van der Waals surface area contributed by atoms with E-state index >= 15 is 0 Å². The van der Waals surface area contributed by atoms with Crippen LogP contribution in [0.25, 0.3) is 44.5 Å². The van der Waals surface area contributed by atoms with Gasteiger partial charge in [-0.3, -0.25) is 39.9 Å². The summed E-state index contributed by atoms with van der Waals surface area (Å²) in [4.78, 5) is 49.1. The Morgan fingerprint density at radius 1 is 0.359 bits per heavy atom. The van der Waals surface area contributed by atoms with Crippen LogP contribution in [0, 0.1) is 25.5 Å². The van der Waals surface area contributed by atoms with Crippen LogP contribution in [0.5, 0.6) is 0 Å². The molecule has 18 heteroatoms. The number of hydrogen-bond donors (Lipinski definition) is 0. The van der Waals surface area contributed by atoms with Gasteiger partial charge in [-0.25, -0.2) is 0 Å². The van der Waals surface area contributed by atoms with E-state index in [1.807, 2.05) is 110 Å². The third kappa shape index (κ3) is 7.65. The number of aromatic nitrogens is 12. The summed E-state index contributed by atoms with van der Waals surface area (Å²) < 4.78 is 0. The van der Waals surface area contributed by atoms with Crippen molar-refractivity contribution in [3.05, 3.63) is 335 Å². The molecule has 0 bridgehead atoms. The molecule has 2 aliphatic heterocycles. The fraction of sp³-hybridized carbons (Fsp3) is 0.135. The summed E-state index contributed by atoms with van der Waals surface area (Å²) in [6.07, 6.45) is 18.3. The molecule has 0 fully saturated rings. The molecule has 0 saturated heterocycles. The van der Waals surface area contributed by atoms with Crippen molar-refractivity contribution in [1.29, 1.82) is 0 Å². The van der Waals surface area contributed by atoms with Crippen molar-refractivity contribution < 1.29 is 42.1 Å². The van der Waals surface area contributed by atoms with E-state index in [0.717, 1.165) is 141 Å². The Balaban J connectivity index is 0.000000149. The minimum absolute atomic E-state index is 0. The Hall–Kier alpha value is -9.88. The van der Waals surface area contributed by atoms with E-state index < -0.39 is 21.9 Å². The topological polar surface area (TPSA) is 170 Å². The van der Waals surface area contributed by atoms with Gasteiger partial charge in [0.2, 0.25) is 0 Å². The molecule has 12 heterocycles. The second-order valence-corrected chi connectivity index (χ2v) is 23.5. The van der Waals surface area contributed by atoms with E-state index in [2.05, 4.69) is 192 Å². The van der Waals surface area contributed by atoms with Gasteiger partial charge < -0.3 is 40.0 Å². The average molecular weight is 1560 g/mol. The molecule has 10 aromatic heterocycles. The smallest absolute Gasteiger partial charge is 0.103 e. The number of nitrogens with zero attached hydrogens (tertiary/aromatic N) is 16. The maximum atomic E-state index is 5.09. The quantitative estimate of drug-likeness (QED) is 0.132. The van der Waals surface area contributed by atoms with Gasteiger partial charge >= 0.3 is 0 Å². The van der Waals surface area contributed by atoms with Crippen molar-refractivity contribution in [2.24, 2.45) is 0 Å². The molecule has 0 spiro atoms. The molecule has 456 valence electrons. The molecule has 0 radical (unpaired) electrons. The van der Waals surface area contributed by atoms with E-state index in [9.17, 15) is 0 Å². The van der Waals surface area contributed by atoms with Crippen LogP contribution in [0.3, 0.4) is 0 Å². The van der Waals surface area contributed by atoms with Crippen LogP contribution >= 0.6 is 0 Å². The first-order valence-corrected chi connectivity index (χ1v) is 29.9. The summed E-state index contributed by atoms with van der Waals surface area (Å²) in [6, 6.07) is 57.2. The largest absolute Gasteiger partial charge is 0.581 e. The third-order valence-corrected chi connectivity index (χ3v) is 19.5. The first-order chi connectivity index (χ1) is 44.1. The zero-order chi connectivity index (χ0) is 60.7. The minimum Gasteiger partial charge on any atom is -0.581 e. The van der Waals surface area contributed by atoms with Crippen LogP contribution < -0.4 is 10.2 Å². The minimum atomic E-state index is -0.925. The summed E-state index contributed by atoms with van der Waals surface area (Å²) in [5.41, 5.74) is 21.9. The number of benzene rings is 2. The van der Waals surface area contributed by atoms with Gasteiger partial charge in [0.25, 0.3) is 0 Å². The Labute approximate surface area is 561 Å².